The summed E-state index contributed by atoms with van der Waals surface area (Å²) in [6, 6.07) is 7.05. The molecule has 0 bridgehead atoms. The molecule has 1 aromatic rings. The molecule has 0 unspecified atom stereocenters. The third-order valence-electron chi connectivity index (χ3n) is 5.08. The van der Waals surface area contributed by atoms with Gasteiger partial charge in [-0.3, -0.25) is 4.79 Å². The quantitative estimate of drug-likeness (QED) is 0.930. The van der Waals surface area contributed by atoms with Gasteiger partial charge in [0.1, 0.15) is 5.75 Å². The van der Waals surface area contributed by atoms with Crippen LogP contribution in [-0.2, 0) is 4.79 Å². The first-order chi connectivity index (χ1) is 10.1. The van der Waals surface area contributed by atoms with E-state index in [-0.39, 0.29) is 5.91 Å². The van der Waals surface area contributed by atoms with Crippen molar-refractivity contribution in [1.29, 1.82) is 0 Å². The molecule has 1 aromatic carbocycles. The summed E-state index contributed by atoms with van der Waals surface area (Å²) in [5.74, 6) is 0.563. The van der Waals surface area contributed by atoms with Gasteiger partial charge in [-0.15, -0.1) is 0 Å². The molecule has 4 heteroatoms. The number of rotatable bonds is 3. The van der Waals surface area contributed by atoms with Crippen molar-refractivity contribution in [2.45, 2.75) is 38.2 Å². The molecule has 21 heavy (non-hydrogen) atoms. The topological polar surface area (TPSA) is 49.8 Å². The molecule has 1 atom stereocenters. The van der Waals surface area contributed by atoms with Gasteiger partial charge in [-0.05, 0) is 42.4 Å². The van der Waals surface area contributed by atoms with Gasteiger partial charge in [-0.1, -0.05) is 25.0 Å². The van der Waals surface area contributed by atoms with Crippen LogP contribution in [0.4, 0.5) is 0 Å². The van der Waals surface area contributed by atoms with Crippen LogP contribution in [-0.4, -0.2) is 36.1 Å². The van der Waals surface area contributed by atoms with Gasteiger partial charge in [0.2, 0.25) is 0 Å². The van der Waals surface area contributed by atoms with Crippen LogP contribution in [0.1, 0.15) is 43.8 Å². The standard InChI is InChI=1S/C17H23NO3/c1-21-14-6-4-13(5-7-14)15(19)16(20)18-11-10-17(12-18)8-2-3-9-17/h4-7,15,19H,2-3,8-12H2,1H3/t15-/m0/s1. The van der Waals surface area contributed by atoms with Crippen molar-refractivity contribution in [2.24, 2.45) is 5.41 Å². The maximum atomic E-state index is 12.5. The number of carbonyl (C=O) groups is 1. The largest absolute Gasteiger partial charge is 0.497 e. The third kappa shape index (κ3) is 2.77. The van der Waals surface area contributed by atoms with Crippen LogP contribution >= 0.6 is 0 Å². The van der Waals surface area contributed by atoms with E-state index in [1.807, 2.05) is 4.90 Å². The highest BCUT2D eigenvalue weighted by Gasteiger charge is 2.42. The second-order valence-corrected chi connectivity index (χ2v) is 6.39. The molecule has 1 heterocycles. The van der Waals surface area contributed by atoms with Gasteiger partial charge < -0.3 is 14.7 Å². The predicted octanol–water partition coefficient (Wildman–Crippen LogP) is 2.52. The first-order valence-electron chi connectivity index (χ1n) is 7.74. The zero-order valence-electron chi connectivity index (χ0n) is 12.5. The lowest BCUT2D eigenvalue weighted by Gasteiger charge is -2.25. The maximum absolute atomic E-state index is 12.5. The van der Waals surface area contributed by atoms with Crippen LogP contribution in [0.3, 0.4) is 0 Å². The monoisotopic (exact) mass is 289 g/mol. The number of hydrogen-bond acceptors (Lipinski definition) is 3. The summed E-state index contributed by atoms with van der Waals surface area (Å²) in [4.78, 5) is 14.3. The number of nitrogens with zero attached hydrogens (tertiary/aromatic N) is 1. The molecule has 1 saturated heterocycles. The number of likely N-dealkylation sites (tertiary alicyclic amines) is 1. The zero-order valence-corrected chi connectivity index (χ0v) is 12.5. The molecule has 1 aliphatic carbocycles. The third-order valence-corrected chi connectivity index (χ3v) is 5.08. The Balaban J connectivity index is 1.67. The summed E-state index contributed by atoms with van der Waals surface area (Å²) in [6.45, 7) is 1.60. The molecule has 0 radical (unpaired) electrons. The van der Waals surface area contributed by atoms with Gasteiger partial charge in [-0.25, -0.2) is 0 Å². The molecule has 0 aromatic heterocycles. The van der Waals surface area contributed by atoms with E-state index in [1.165, 1.54) is 25.7 Å². The van der Waals surface area contributed by atoms with Crippen LogP contribution in [0, 0.1) is 5.41 Å². The highest BCUT2D eigenvalue weighted by atomic mass is 16.5. The Labute approximate surface area is 125 Å². The van der Waals surface area contributed by atoms with Crippen LogP contribution in [0.25, 0.3) is 0 Å². The second-order valence-electron chi connectivity index (χ2n) is 6.39. The number of amides is 1. The average molecular weight is 289 g/mol. The molecular formula is C17H23NO3. The average Bonchev–Trinajstić information content (AvgIpc) is 3.16. The van der Waals surface area contributed by atoms with Crippen molar-refractivity contribution in [3.63, 3.8) is 0 Å². The first kappa shape index (κ1) is 14.4. The van der Waals surface area contributed by atoms with Crippen molar-refractivity contribution in [1.82, 2.24) is 4.90 Å². The lowest BCUT2D eigenvalue weighted by atomic mass is 9.86. The van der Waals surface area contributed by atoms with E-state index in [4.69, 9.17) is 4.74 Å². The number of hydrogen-bond donors (Lipinski definition) is 1. The minimum atomic E-state index is -1.06. The van der Waals surface area contributed by atoms with Gasteiger partial charge in [0, 0.05) is 13.1 Å². The number of carbonyl (C=O) groups excluding carboxylic acids is 1. The van der Waals surface area contributed by atoms with E-state index in [1.54, 1.807) is 31.4 Å². The number of methoxy groups -OCH3 is 1. The van der Waals surface area contributed by atoms with Crippen molar-refractivity contribution < 1.29 is 14.6 Å². The first-order valence-corrected chi connectivity index (χ1v) is 7.74. The Morgan fingerprint density at radius 2 is 1.90 bits per heavy atom. The van der Waals surface area contributed by atoms with Gasteiger partial charge in [0.15, 0.2) is 6.10 Å². The summed E-state index contributed by atoms with van der Waals surface area (Å²) < 4.78 is 5.10. The van der Waals surface area contributed by atoms with Crippen molar-refractivity contribution in [2.75, 3.05) is 20.2 Å². The van der Waals surface area contributed by atoms with Crippen molar-refractivity contribution in [3.05, 3.63) is 29.8 Å². The Bertz CT molecular complexity index is 505. The molecule has 1 amide bonds. The second kappa shape index (κ2) is 5.68. The molecule has 4 nitrogen and oxygen atoms in total. The van der Waals surface area contributed by atoms with Crippen LogP contribution in [0.5, 0.6) is 5.75 Å². The molecule has 2 aliphatic rings. The number of aliphatic hydroxyl groups is 1. The van der Waals surface area contributed by atoms with Crippen molar-refractivity contribution >= 4 is 5.91 Å². The predicted molar refractivity (Wildman–Crippen MR) is 80.1 cm³/mol. The molecular weight excluding hydrogens is 266 g/mol. The summed E-state index contributed by atoms with van der Waals surface area (Å²) in [5.41, 5.74) is 0.975. The molecule has 114 valence electrons. The number of ether oxygens (including phenoxy) is 1. The van der Waals surface area contributed by atoms with E-state index >= 15 is 0 Å². The molecule has 1 N–H and O–H groups in total. The highest BCUT2D eigenvalue weighted by Crippen LogP contribution is 2.45. The van der Waals surface area contributed by atoms with Gasteiger partial charge in [-0.2, -0.15) is 0 Å². The normalized spacial score (nSPS) is 21.7. The molecule has 2 fully saturated rings. The Kier molecular flexibility index (Phi) is 3.89. The fourth-order valence-corrected chi connectivity index (χ4v) is 3.76. The lowest BCUT2D eigenvalue weighted by molar-refractivity contribution is -0.139. The molecule has 1 aliphatic heterocycles. The minimum Gasteiger partial charge on any atom is -0.497 e. The maximum Gasteiger partial charge on any atom is 0.256 e. The Hall–Kier alpha value is -1.55. The van der Waals surface area contributed by atoms with Crippen LogP contribution < -0.4 is 4.74 Å². The molecule has 1 spiro atoms. The molecule has 3 rings (SSSR count). The molecule has 1 saturated carbocycles. The minimum absolute atomic E-state index is 0.163. The lowest BCUT2D eigenvalue weighted by Crippen LogP contribution is -2.35. The summed E-state index contributed by atoms with van der Waals surface area (Å²) in [5, 5.41) is 10.3. The highest BCUT2D eigenvalue weighted by molar-refractivity contribution is 5.82. The van der Waals surface area contributed by atoms with Gasteiger partial charge in [0.05, 0.1) is 7.11 Å². The van der Waals surface area contributed by atoms with E-state index < -0.39 is 6.10 Å². The van der Waals surface area contributed by atoms with E-state index in [0.29, 0.717) is 11.0 Å². The van der Waals surface area contributed by atoms with Crippen LogP contribution in [0.2, 0.25) is 0 Å². The van der Waals surface area contributed by atoms with E-state index in [0.717, 1.165) is 25.3 Å². The van der Waals surface area contributed by atoms with E-state index in [2.05, 4.69) is 0 Å². The summed E-state index contributed by atoms with van der Waals surface area (Å²) in [6.07, 6.45) is 5.05. The zero-order chi connectivity index (χ0) is 14.9. The van der Waals surface area contributed by atoms with Gasteiger partial charge >= 0.3 is 0 Å². The Morgan fingerprint density at radius 3 is 2.52 bits per heavy atom. The number of benzene rings is 1. The fraction of sp³-hybridized carbons (Fsp3) is 0.588. The SMILES string of the molecule is COc1ccc([C@H](O)C(=O)N2CCC3(CCCC3)C2)cc1. The summed E-state index contributed by atoms with van der Waals surface area (Å²) in [7, 11) is 1.60. The van der Waals surface area contributed by atoms with Crippen molar-refractivity contribution in [3.8, 4) is 5.75 Å². The Morgan fingerprint density at radius 1 is 1.24 bits per heavy atom. The van der Waals surface area contributed by atoms with E-state index in [9.17, 15) is 9.90 Å². The summed E-state index contributed by atoms with van der Waals surface area (Å²) >= 11 is 0. The van der Waals surface area contributed by atoms with Crippen LogP contribution in [0.15, 0.2) is 24.3 Å². The number of aliphatic hydroxyl groups excluding tert-OH is 1. The smallest absolute Gasteiger partial charge is 0.256 e. The van der Waals surface area contributed by atoms with Gasteiger partial charge in [0.25, 0.3) is 5.91 Å². The fourth-order valence-electron chi connectivity index (χ4n) is 3.76.